The Morgan fingerprint density at radius 1 is 0.765 bits per heavy atom. The molecule has 1 aliphatic rings. The lowest BCUT2D eigenvalue weighted by atomic mass is 10.0. The third-order valence-electron chi connectivity index (χ3n) is 2.82. The third kappa shape index (κ3) is 2.07. The second kappa shape index (κ2) is 4.42. The van der Waals surface area contributed by atoms with Gasteiger partial charge < -0.3 is 4.74 Å². The first-order valence-electron chi connectivity index (χ1n) is 5.76. The molecule has 2 aromatic rings. The minimum Gasteiger partial charge on any atom is -0.476 e. The SMILES string of the molecule is c1ccc(-c2ccc(C3=NCCO3)cc2)cc1. The fourth-order valence-electron chi connectivity index (χ4n) is 1.95. The molecule has 0 radical (unpaired) electrons. The van der Waals surface area contributed by atoms with Gasteiger partial charge in [0.15, 0.2) is 0 Å². The lowest BCUT2D eigenvalue weighted by Crippen LogP contribution is -2.00. The molecule has 0 saturated heterocycles. The van der Waals surface area contributed by atoms with Gasteiger partial charge in [0.1, 0.15) is 6.61 Å². The highest BCUT2D eigenvalue weighted by Gasteiger charge is 2.09. The van der Waals surface area contributed by atoms with Gasteiger partial charge in [-0.2, -0.15) is 0 Å². The largest absolute Gasteiger partial charge is 0.476 e. The predicted octanol–water partition coefficient (Wildman–Crippen LogP) is 3.13. The van der Waals surface area contributed by atoms with E-state index in [1.165, 1.54) is 11.1 Å². The third-order valence-corrected chi connectivity index (χ3v) is 2.82. The number of hydrogen-bond donors (Lipinski definition) is 0. The van der Waals surface area contributed by atoms with Crippen LogP contribution in [0.1, 0.15) is 5.56 Å². The topological polar surface area (TPSA) is 21.6 Å². The molecule has 2 aromatic carbocycles. The van der Waals surface area contributed by atoms with Crippen LogP contribution in [0.2, 0.25) is 0 Å². The predicted molar refractivity (Wildman–Crippen MR) is 69.2 cm³/mol. The highest BCUT2D eigenvalue weighted by Crippen LogP contribution is 2.20. The second-order valence-electron chi connectivity index (χ2n) is 3.98. The van der Waals surface area contributed by atoms with E-state index in [9.17, 15) is 0 Å². The molecule has 0 aliphatic carbocycles. The summed E-state index contributed by atoms with van der Waals surface area (Å²) in [7, 11) is 0. The normalized spacial score (nSPS) is 14.2. The quantitative estimate of drug-likeness (QED) is 0.766. The summed E-state index contributed by atoms with van der Waals surface area (Å²) in [6, 6.07) is 18.7. The van der Waals surface area contributed by atoms with Gasteiger partial charge in [-0.05, 0) is 23.3 Å². The van der Waals surface area contributed by atoms with E-state index < -0.39 is 0 Å². The zero-order valence-corrected chi connectivity index (χ0v) is 9.47. The van der Waals surface area contributed by atoms with Crippen molar-refractivity contribution >= 4 is 5.90 Å². The number of aliphatic imine (C=N–C) groups is 1. The molecule has 0 saturated carbocycles. The summed E-state index contributed by atoms with van der Waals surface area (Å²) in [5.74, 6) is 0.768. The van der Waals surface area contributed by atoms with Crippen LogP contribution in [0.4, 0.5) is 0 Å². The van der Waals surface area contributed by atoms with E-state index in [4.69, 9.17) is 4.74 Å². The van der Waals surface area contributed by atoms with Crippen molar-refractivity contribution in [2.75, 3.05) is 13.2 Å². The van der Waals surface area contributed by atoms with Crippen LogP contribution in [-0.2, 0) is 4.74 Å². The molecule has 2 nitrogen and oxygen atoms in total. The molecule has 17 heavy (non-hydrogen) atoms. The fraction of sp³-hybridized carbons (Fsp3) is 0.133. The van der Waals surface area contributed by atoms with Crippen molar-refractivity contribution in [3.8, 4) is 11.1 Å². The van der Waals surface area contributed by atoms with Gasteiger partial charge in [0, 0.05) is 5.56 Å². The molecule has 1 heterocycles. The summed E-state index contributed by atoms with van der Waals surface area (Å²) in [4.78, 5) is 4.30. The second-order valence-corrected chi connectivity index (χ2v) is 3.98. The molecule has 84 valence electrons. The number of nitrogens with zero attached hydrogens (tertiary/aromatic N) is 1. The first kappa shape index (κ1) is 10.1. The minimum atomic E-state index is 0.704. The number of ether oxygens (including phenoxy) is 1. The van der Waals surface area contributed by atoms with Crippen molar-refractivity contribution in [3.05, 3.63) is 60.2 Å². The van der Waals surface area contributed by atoms with Crippen LogP contribution in [0.3, 0.4) is 0 Å². The Morgan fingerprint density at radius 2 is 1.41 bits per heavy atom. The van der Waals surface area contributed by atoms with Crippen LogP contribution in [0.25, 0.3) is 11.1 Å². The van der Waals surface area contributed by atoms with Gasteiger partial charge in [-0.1, -0.05) is 42.5 Å². The smallest absolute Gasteiger partial charge is 0.216 e. The molecular weight excluding hydrogens is 210 g/mol. The molecule has 1 aliphatic heterocycles. The standard InChI is InChI=1S/C15H13NO/c1-2-4-12(5-3-1)13-6-8-14(9-7-13)15-16-10-11-17-15/h1-9H,10-11H2. The van der Waals surface area contributed by atoms with Crippen molar-refractivity contribution < 1.29 is 4.74 Å². The van der Waals surface area contributed by atoms with Crippen LogP contribution in [0, 0.1) is 0 Å². The van der Waals surface area contributed by atoms with Crippen molar-refractivity contribution in [1.29, 1.82) is 0 Å². The molecule has 2 heteroatoms. The molecule has 0 N–H and O–H groups in total. The van der Waals surface area contributed by atoms with E-state index in [0.717, 1.165) is 18.0 Å². The van der Waals surface area contributed by atoms with Gasteiger partial charge >= 0.3 is 0 Å². The average Bonchev–Trinajstić information content (AvgIpc) is 2.94. The van der Waals surface area contributed by atoms with E-state index in [-0.39, 0.29) is 0 Å². The van der Waals surface area contributed by atoms with Gasteiger partial charge in [-0.25, -0.2) is 4.99 Å². The molecule has 0 atom stereocenters. The first-order valence-corrected chi connectivity index (χ1v) is 5.76. The Hall–Kier alpha value is -2.09. The maximum Gasteiger partial charge on any atom is 0.216 e. The fourth-order valence-corrected chi connectivity index (χ4v) is 1.95. The van der Waals surface area contributed by atoms with Crippen molar-refractivity contribution in [2.24, 2.45) is 4.99 Å². The Morgan fingerprint density at radius 3 is 2.06 bits per heavy atom. The summed E-state index contributed by atoms with van der Waals surface area (Å²) >= 11 is 0. The van der Waals surface area contributed by atoms with Crippen LogP contribution in [0.5, 0.6) is 0 Å². The summed E-state index contributed by atoms with van der Waals surface area (Å²) in [5, 5.41) is 0. The van der Waals surface area contributed by atoms with Crippen molar-refractivity contribution in [3.63, 3.8) is 0 Å². The molecule has 0 spiro atoms. The van der Waals surface area contributed by atoms with Gasteiger partial charge in [-0.3, -0.25) is 0 Å². The minimum absolute atomic E-state index is 0.704. The van der Waals surface area contributed by atoms with Gasteiger partial charge in [0.05, 0.1) is 6.54 Å². The van der Waals surface area contributed by atoms with E-state index in [2.05, 4.69) is 41.4 Å². The maximum absolute atomic E-state index is 5.43. The number of benzene rings is 2. The molecule has 0 bridgehead atoms. The lowest BCUT2D eigenvalue weighted by molar-refractivity contribution is 0.348. The summed E-state index contributed by atoms with van der Waals surface area (Å²) < 4.78 is 5.43. The van der Waals surface area contributed by atoms with Crippen LogP contribution in [-0.4, -0.2) is 19.0 Å². The highest BCUT2D eigenvalue weighted by molar-refractivity contribution is 5.95. The van der Waals surface area contributed by atoms with Gasteiger partial charge in [0.25, 0.3) is 0 Å². The molecule has 0 aromatic heterocycles. The van der Waals surface area contributed by atoms with E-state index in [0.29, 0.717) is 6.61 Å². The molecule has 0 unspecified atom stereocenters. The number of hydrogen-bond acceptors (Lipinski definition) is 2. The van der Waals surface area contributed by atoms with Crippen molar-refractivity contribution in [2.45, 2.75) is 0 Å². The monoisotopic (exact) mass is 223 g/mol. The van der Waals surface area contributed by atoms with Crippen molar-refractivity contribution in [1.82, 2.24) is 0 Å². The van der Waals surface area contributed by atoms with E-state index in [1.54, 1.807) is 0 Å². The Bertz CT molecular complexity index is 529. The Labute approximate surface area is 101 Å². The summed E-state index contributed by atoms with van der Waals surface area (Å²) in [6.07, 6.45) is 0. The van der Waals surface area contributed by atoms with Crippen LogP contribution >= 0.6 is 0 Å². The number of rotatable bonds is 2. The summed E-state index contributed by atoms with van der Waals surface area (Å²) in [6.45, 7) is 1.48. The van der Waals surface area contributed by atoms with E-state index >= 15 is 0 Å². The zero-order chi connectivity index (χ0) is 11.5. The maximum atomic E-state index is 5.43. The molecular formula is C15H13NO. The highest BCUT2D eigenvalue weighted by atomic mass is 16.5. The zero-order valence-electron chi connectivity index (χ0n) is 9.47. The van der Waals surface area contributed by atoms with Crippen LogP contribution in [0.15, 0.2) is 59.6 Å². The van der Waals surface area contributed by atoms with Gasteiger partial charge in [0.2, 0.25) is 5.90 Å². The summed E-state index contributed by atoms with van der Waals surface area (Å²) in [5.41, 5.74) is 3.50. The first-order chi connectivity index (χ1) is 8.43. The Kier molecular flexibility index (Phi) is 2.62. The molecule has 3 rings (SSSR count). The lowest BCUT2D eigenvalue weighted by Gasteiger charge is -2.04. The molecule has 0 amide bonds. The molecule has 0 fully saturated rings. The van der Waals surface area contributed by atoms with E-state index in [1.807, 2.05) is 18.2 Å². The Balaban J connectivity index is 1.90. The average molecular weight is 223 g/mol. The van der Waals surface area contributed by atoms with Gasteiger partial charge in [-0.15, -0.1) is 0 Å². The van der Waals surface area contributed by atoms with Crippen LogP contribution < -0.4 is 0 Å².